The van der Waals surface area contributed by atoms with E-state index < -0.39 is 11.8 Å². The molecule has 1 aliphatic rings. The van der Waals surface area contributed by atoms with E-state index in [9.17, 15) is 9.59 Å². The summed E-state index contributed by atoms with van der Waals surface area (Å²) in [5.41, 5.74) is 3.51. The molecule has 0 aromatic heterocycles. The number of nitrogens with zero attached hydrogens (tertiary/aromatic N) is 1. The van der Waals surface area contributed by atoms with Crippen LogP contribution in [0.2, 0.25) is 10.0 Å². The lowest BCUT2D eigenvalue weighted by Crippen LogP contribution is -2.35. The fraction of sp³-hybridized carbons (Fsp3) is 0.238. The second kappa shape index (κ2) is 8.76. The summed E-state index contributed by atoms with van der Waals surface area (Å²) in [5, 5.41) is 1.82. The quantitative estimate of drug-likeness (QED) is 0.536. The molecule has 152 valence electrons. The molecule has 3 rings (SSSR count). The molecule has 0 bridgehead atoms. The van der Waals surface area contributed by atoms with Crippen molar-refractivity contribution in [2.24, 2.45) is 5.92 Å². The molecular weight excluding hydrogens is 415 g/mol. The van der Waals surface area contributed by atoms with Crippen LogP contribution in [0.4, 0.5) is 5.69 Å². The van der Waals surface area contributed by atoms with Crippen LogP contribution in [0.25, 0.3) is 6.08 Å². The van der Waals surface area contributed by atoms with Crippen molar-refractivity contribution in [2.45, 2.75) is 13.8 Å². The maximum atomic E-state index is 12.8. The zero-order valence-corrected chi connectivity index (χ0v) is 17.7. The summed E-state index contributed by atoms with van der Waals surface area (Å²) in [5.74, 6) is 0.454. The number of rotatable bonds is 6. The number of methoxy groups -OCH3 is 1. The minimum Gasteiger partial charge on any atom is -0.493 e. The predicted molar refractivity (Wildman–Crippen MR) is 113 cm³/mol. The van der Waals surface area contributed by atoms with Crippen molar-refractivity contribution < 1.29 is 19.1 Å². The molecule has 1 saturated heterocycles. The predicted octanol–water partition coefficient (Wildman–Crippen LogP) is 4.50. The lowest BCUT2D eigenvalue weighted by molar-refractivity contribution is -0.117. The Bertz CT molecular complexity index is 968. The van der Waals surface area contributed by atoms with Crippen LogP contribution in [-0.2, 0) is 9.59 Å². The maximum Gasteiger partial charge on any atom is 0.282 e. The lowest BCUT2D eigenvalue weighted by Gasteiger charge is -2.15. The Balaban J connectivity index is 1.88. The van der Waals surface area contributed by atoms with Gasteiger partial charge >= 0.3 is 0 Å². The van der Waals surface area contributed by atoms with Gasteiger partial charge in [0, 0.05) is 10.0 Å². The van der Waals surface area contributed by atoms with E-state index in [-0.39, 0.29) is 5.57 Å². The highest BCUT2D eigenvalue weighted by Crippen LogP contribution is 2.31. The van der Waals surface area contributed by atoms with Gasteiger partial charge in [-0.1, -0.05) is 43.1 Å². The van der Waals surface area contributed by atoms with Crippen LogP contribution in [0.3, 0.4) is 0 Å². The summed E-state index contributed by atoms with van der Waals surface area (Å²) in [7, 11) is 1.53. The molecule has 8 heteroatoms. The van der Waals surface area contributed by atoms with E-state index in [4.69, 9.17) is 32.7 Å². The van der Waals surface area contributed by atoms with Crippen LogP contribution in [0.5, 0.6) is 11.5 Å². The molecule has 2 amide bonds. The number of amides is 2. The van der Waals surface area contributed by atoms with Gasteiger partial charge in [0.05, 0.1) is 19.4 Å². The number of hydrogen-bond acceptors (Lipinski definition) is 4. The smallest absolute Gasteiger partial charge is 0.282 e. The van der Waals surface area contributed by atoms with E-state index in [0.717, 1.165) is 5.01 Å². The third kappa shape index (κ3) is 4.83. The molecule has 1 fully saturated rings. The van der Waals surface area contributed by atoms with Crippen LogP contribution in [0.1, 0.15) is 19.4 Å². The highest BCUT2D eigenvalue weighted by molar-refractivity contribution is 6.36. The monoisotopic (exact) mass is 434 g/mol. The van der Waals surface area contributed by atoms with Crippen LogP contribution in [-0.4, -0.2) is 25.5 Å². The first-order chi connectivity index (χ1) is 13.8. The van der Waals surface area contributed by atoms with E-state index in [2.05, 4.69) is 19.3 Å². The zero-order chi connectivity index (χ0) is 21.1. The average molecular weight is 435 g/mol. The summed E-state index contributed by atoms with van der Waals surface area (Å²) in [6.07, 6.45) is 1.50. The second-order valence-electron chi connectivity index (χ2n) is 6.88. The molecule has 0 aliphatic carbocycles. The number of benzene rings is 2. The number of halogens is 2. The standard InChI is InChI=1S/C21H20Cl2N2O4/c1-12(2)11-29-18-5-4-13(7-19(18)28-3)6-17-20(26)24-25(21(17)27)16-9-14(22)8-15(23)10-16/h4-10,12H,11H2,1-3H3,(H,24,26)/b17-6-. The summed E-state index contributed by atoms with van der Waals surface area (Å²) in [6, 6.07) is 9.84. The Hall–Kier alpha value is -2.70. The van der Waals surface area contributed by atoms with Crippen LogP contribution < -0.4 is 19.9 Å². The fourth-order valence-corrected chi connectivity index (χ4v) is 3.24. The molecule has 0 spiro atoms. The largest absolute Gasteiger partial charge is 0.493 e. The van der Waals surface area contributed by atoms with Crippen LogP contribution in [0.15, 0.2) is 42.0 Å². The van der Waals surface area contributed by atoms with Crippen molar-refractivity contribution >= 4 is 46.8 Å². The van der Waals surface area contributed by atoms with Gasteiger partial charge in [0.1, 0.15) is 5.57 Å². The van der Waals surface area contributed by atoms with Gasteiger partial charge in [-0.2, -0.15) is 0 Å². The van der Waals surface area contributed by atoms with Crippen molar-refractivity contribution in [2.75, 3.05) is 18.7 Å². The molecule has 0 saturated carbocycles. The van der Waals surface area contributed by atoms with Crippen molar-refractivity contribution in [3.8, 4) is 11.5 Å². The van der Waals surface area contributed by atoms with Crippen molar-refractivity contribution in [1.29, 1.82) is 0 Å². The Labute approximate surface area is 179 Å². The Morgan fingerprint density at radius 2 is 1.76 bits per heavy atom. The van der Waals surface area contributed by atoms with Gasteiger partial charge < -0.3 is 9.47 Å². The van der Waals surface area contributed by atoms with Crippen LogP contribution >= 0.6 is 23.2 Å². The number of ether oxygens (including phenoxy) is 2. The summed E-state index contributed by atoms with van der Waals surface area (Å²) in [4.78, 5) is 25.2. The first kappa shape index (κ1) is 21.0. The van der Waals surface area contributed by atoms with E-state index in [1.807, 2.05) is 0 Å². The van der Waals surface area contributed by atoms with E-state index in [1.165, 1.54) is 13.2 Å². The van der Waals surface area contributed by atoms with Gasteiger partial charge in [-0.05, 0) is 47.9 Å². The van der Waals surface area contributed by atoms with Crippen molar-refractivity contribution in [3.05, 3.63) is 57.6 Å². The molecular formula is C21H20Cl2N2O4. The lowest BCUT2D eigenvalue weighted by atomic mass is 10.1. The topological polar surface area (TPSA) is 67.9 Å². The number of anilines is 1. The summed E-state index contributed by atoms with van der Waals surface area (Å²) >= 11 is 12.0. The molecule has 0 unspecified atom stereocenters. The molecule has 1 aliphatic heterocycles. The number of nitrogens with one attached hydrogen (secondary N) is 1. The van der Waals surface area contributed by atoms with E-state index in [1.54, 1.807) is 36.4 Å². The molecule has 2 aromatic carbocycles. The van der Waals surface area contributed by atoms with Crippen LogP contribution in [0, 0.1) is 5.92 Å². The molecule has 0 atom stereocenters. The Morgan fingerprint density at radius 3 is 2.38 bits per heavy atom. The zero-order valence-electron chi connectivity index (χ0n) is 16.2. The molecule has 6 nitrogen and oxygen atoms in total. The second-order valence-corrected chi connectivity index (χ2v) is 7.76. The Kier molecular flexibility index (Phi) is 6.35. The van der Waals surface area contributed by atoms with Gasteiger partial charge in [0.15, 0.2) is 11.5 Å². The summed E-state index contributed by atoms with van der Waals surface area (Å²) < 4.78 is 11.1. The SMILES string of the molecule is COc1cc(/C=C2/C(=O)NN(c3cc(Cl)cc(Cl)c3)C2=O)ccc1OCC(C)C. The van der Waals surface area contributed by atoms with Gasteiger partial charge in [-0.3, -0.25) is 15.0 Å². The van der Waals surface area contributed by atoms with E-state index in [0.29, 0.717) is 45.3 Å². The summed E-state index contributed by atoms with van der Waals surface area (Å²) in [6.45, 7) is 4.65. The minimum absolute atomic E-state index is 0.0148. The number of hydrazine groups is 1. The average Bonchev–Trinajstić information content (AvgIpc) is 2.94. The molecule has 29 heavy (non-hydrogen) atoms. The molecule has 1 heterocycles. The van der Waals surface area contributed by atoms with Gasteiger partial charge in [0.2, 0.25) is 0 Å². The first-order valence-electron chi connectivity index (χ1n) is 8.92. The molecule has 2 aromatic rings. The minimum atomic E-state index is -0.523. The third-order valence-corrected chi connectivity index (χ3v) is 4.50. The number of carbonyl (C=O) groups is 2. The normalized spacial score (nSPS) is 15.2. The van der Waals surface area contributed by atoms with Gasteiger partial charge in [0.25, 0.3) is 11.8 Å². The number of hydrogen-bond donors (Lipinski definition) is 1. The van der Waals surface area contributed by atoms with Crippen molar-refractivity contribution in [1.82, 2.24) is 5.43 Å². The third-order valence-electron chi connectivity index (χ3n) is 4.07. The molecule has 0 radical (unpaired) electrons. The fourth-order valence-electron chi connectivity index (χ4n) is 2.72. The maximum absolute atomic E-state index is 12.8. The Morgan fingerprint density at radius 1 is 1.07 bits per heavy atom. The van der Waals surface area contributed by atoms with Crippen molar-refractivity contribution in [3.63, 3.8) is 0 Å². The van der Waals surface area contributed by atoms with Gasteiger partial charge in [-0.15, -0.1) is 0 Å². The van der Waals surface area contributed by atoms with Gasteiger partial charge in [-0.25, -0.2) is 5.01 Å². The number of carbonyl (C=O) groups excluding carboxylic acids is 2. The van der Waals surface area contributed by atoms with E-state index >= 15 is 0 Å². The first-order valence-corrected chi connectivity index (χ1v) is 9.68. The molecule has 1 N–H and O–H groups in total. The highest BCUT2D eigenvalue weighted by atomic mass is 35.5. The highest BCUT2D eigenvalue weighted by Gasteiger charge is 2.34.